The van der Waals surface area contributed by atoms with Crippen LogP contribution in [0.25, 0.3) is 0 Å². The van der Waals surface area contributed by atoms with Crippen molar-refractivity contribution in [1.29, 1.82) is 0 Å². The van der Waals surface area contributed by atoms with E-state index < -0.39 is 30.3 Å². The van der Waals surface area contributed by atoms with E-state index in [4.69, 9.17) is 10.5 Å². The fourth-order valence-electron chi connectivity index (χ4n) is 1.28. The predicted octanol–water partition coefficient (Wildman–Crippen LogP) is 1.41. The number of alkyl halides is 3. The minimum Gasteiger partial charge on any atom is -0.448 e. The number of hydrogen-bond donors (Lipinski definition) is 1. The van der Waals surface area contributed by atoms with Crippen molar-refractivity contribution in [2.45, 2.75) is 25.2 Å². The highest BCUT2D eigenvalue weighted by molar-refractivity contribution is 5.81. The lowest BCUT2D eigenvalue weighted by molar-refractivity contribution is -0.191. The first-order valence-electron chi connectivity index (χ1n) is 5.48. The van der Waals surface area contributed by atoms with Gasteiger partial charge in [-0.25, -0.2) is 4.79 Å². The van der Waals surface area contributed by atoms with Gasteiger partial charge in [-0.05, 0) is 12.1 Å². The van der Waals surface area contributed by atoms with Crippen LogP contribution < -0.4 is 10.5 Å². The van der Waals surface area contributed by atoms with Crippen LogP contribution in [-0.4, -0.2) is 30.3 Å². The number of carbonyl (C=O) groups is 2. The standard InChI is InChI=1S/C12H12F3NO4/c1-7(17)19-9(10(16)12(13,14)15)11(18)20-8-5-3-2-4-6-8/h2-6,9-10H,16H2,1H3/t9-,10-/m1/s1. The zero-order valence-corrected chi connectivity index (χ0v) is 10.4. The summed E-state index contributed by atoms with van der Waals surface area (Å²) in [6.07, 6.45) is -7.16. The van der Waals surface area contributed by atoms with E-state index in [1.807, 2.05) is 0 Å². The SMILES string of the molecule is CC(=O)O[C@@H](C(=O)Oc1ccccc1)[C@@H](N)C(F)(F)F. The number of nitrogens with two attached hydrogens (primary N) is 1. The molecule has 0 heterocycles. The molecule has 0 spiro atoms. The average molecular weight is 291 g/mol. The number of esters is 2. The number of ether oxygens (including phenoxy) is 2. The molecule has 0 radical (unpaired) electrons. The van der Waals surface area contributed by atoms with Crippen molar-refractivity contribution in [1.82, 2.24) is 0 Å². The Morgan fingerprint density at radius 3 is 2.20 bits per heavy atom. The minimum atomic E-state index is -4.91. The largest absolute Gasteiger partial charge is 0.448 e. The Hall–Kier alpha value is -2.09. The van der Waals surface area contributed by atoms with Gasteiger partial charge in [-0.1, -0.05) is 18.2 Å². The monoisotopic (exact) mass is 291 g/mol. The van der Waals surface area contributed by atoms with Crippen LogP contribution in [0.15, 0.2) is 30.3 Å². The van der Waals surface area contributed by atoms with E-state index >= 15 is 0 Å². The normalized spacial score (nSPS) is 14.2. The van der Waals surface area contributed by atoms with E-state index in [2.05, 4.69) is 4.74 Å². The smallest absolute Gasteiger partial charge is 0.407 e. The Bertz CT molecular complexity index is 475. The zero-order chi connectivity index (χ0) is 15.3. The van der Waals surface area contributed by atoms with Crippen molar-refractivity contribution in [3.63, 3.8) is 0 Å². The molecular formula is C12H12F3NO4. The molecule has 0 aliphatic heterocycles. The number of benzene rings is 1. The van der Waals surface area contributed by atoms with Gasteiger partial charge < -0.3 is 15.2 Å². The highest BCUT2D eigenvalue weighted by Crippen LogP contribution is 2.23. The third kappa shape index (κ3) is 4.54. The average Bonchev–Trinajstić information content (AvgIpc) is 2.35. The third-order valence-electron chi connectivity index (χ3n) is 2.19. The molecule has 0 unspecified atom stereocenters. The van der Waals surface area contributed by atoms with Gasteiger partial charge in [-0.15, -0.1) is 0 Å². The van der Waals surface area contributed by atoms with E-state index in [-0.39, 0.29) is 5.75 Å². The van der Waals surface area contributed by atoms with Crippen molar-refractivity contribution in [2.24, 2.45) is 5.73 Å². The number of hydrogen-bond acceptors (Lipinski definition) is 5. The summed E-state index contributed by atoms with van der Waals surface area (Å²) in [5.74, 6) is -2.44. The molecule has 0 amide bonds. The summed E-state index contributed by atoms with van der Waals surface area (Å²) in [5, 5.41) is 0. The van der Waals surface area contributed by atoms with Crippen LogP contribution in [0.5, 0.6) is 5.75 Å². The Morgan fingerprint density at radius 1 is 1.20 bits per heavy atom. The Morgan fingerprint density at radius 2 is 1.75 bits per heavy atom. The van der Waals surface area contributed by atoms with Gasteiger partial charge in [0.15, 0.2) is 0 Å². The molecule has 1 aromatic rings. The molecule has 0 bridgehead atoms. The summed E-state index contributed by atoms with van der Waals surface area (Å²) in [5.41, 5.74) is 4.89. The highest BCUT2D eigenvalue weighted by atomic mass is 19.4. The summed E-state index contributed by atoms with van der Waals surface area (Å²) in [7, 11) is 0. The summed E-state index contributed by atoms with van der Waals surface area (Å²) >= 11 is 0. The van der Waals surface area contributed by atoms with Crippen LogP contribution in [0.2, 0.25) is 0 Å². The van der Waals surface area contributed by atoms with Crippen molar-refractivity contribution in [3.05, 3.63) is 30.3 Å². The van der Waals surface area contributed by atoms with Crippen LogP contribution in [-0.2, 0) is 14.3 Å². The second-order valence-electron chi connectivity index (χ2n) is 3.83. The maximum Gasteiger partial charge on any atom is 0.407 e. The number of para-hydroxylation sites is 1. The fraction of sp³-hybridized carbons (Fsp3) is 0.333. The molecule has 2 N–H and O–H groups in total. The Kier molecular flexibility index (Phi) is 5.09. The summed E-state index contributed by atoms with van der Waals surface area (Å²) < 4.78 is 46.6. The first-order chi connectivity index (χ1) is 9.21. The van der Waals surface area contributed by atoms with E-state index in [1.165, 1.54) is 24.3 Å². The first-order valence-corrected chi connectivity index (χ1v) is 5.48. The van der Waals surface area contributed by atoms with Crippen LogP contribution in [0.1, 0.15) is 6.92 Å². The molecule has 2 atom stereocenters. The molecular weight excluding hydrogens is 279 g/mol. The maximum absolute atomic E-state index is 12.5. The molecule has 0 aliphatic carbocycles. The molecule has 0 fully saturated rings. The molecule has 0 aliphatic rings. The molecule has 110 valence electrons. The lowest BCUT2D eigenvalue weighted by Gasteiger charge is -2.23. The zero-order valence-electron chi connectivity index (χ0n) is 10.4. The van der Waals surface area contributed by atoms with Crippen LogP contribution >= 0.6 is 0 Å². The second kappa shape index (κ2) is 6.38. The summed E-state index contributed by atoms with van der Waals surface area (Å²) in [6, 6.07) is 4.73. The predicted molar refractivity (Wildman–Crippen MR) is 61.7 cm³/mol. The lowest BCUT2D eigenvalue weighted by Crippen LogP contribution is -2.53. The van der Waals surface area contributed by atoms with Crippen molar-refractivity contribution < 1.29 is 32.2 Å². The molecule has 0 saturated carbocycles. The van der Waals surface area contributed by atoms with Gasteiger partial charge in [-0.3, -0.25) is 4.79 Å². The Balaban J connectivity index is 2.88. The van der Waals surface area contributed by atoms with Gasteiger partial charge in [0.05, 0.1) is 0 Å². The van der Waals surface area contributed by atoms with E-state index in [0.29, 0.717) is 0 Å². The van der Waals surface area contributed by atoms with Gasteiger partial charge >= 0.3 is 18.1 Å². The van der Waals surface area contributed by atoms with E-state index in [1.54, 1.807) is 6.07 Å². The summed E-state index contributed by atoms with van der Waals surface area (Å²) in [4.78, 5) is 22.4. The third-order valence-corrected chi connectivity index (χ3v) is 2.19. The van der Waals surface area contributed by atoms with Crippen LogP contribution in [0.3, 0.4) is 0 Å². The van der Waals surface area contributed by atoms with E-state index in [0.717, 1.165) is 6.92 Å². The van der Waals surface area contributed by atoms with Crippen LogP contribution in [0.4, 0.5) is 13.2 Å². The summed E-state index contributed by atoms with van der Waals surface area (Å²) in [6.45, 7) is 0.867. The molecule has 0 aromatic heterocycles. The van der Waals surface area contributed by atoms with Crippen molar-refractivity contribution in [3.8, 4) is 5.75 Å². The lowest BCUT2D eigenvalue weighted by atomic mass is 10.1. The molecule has 0 saturated heterocycles. The van der Waals surface area contributed by atoms with Gasteiger partial charge in [0.1, 0.15) is 11.8 Å². The molecule has 5 nitrogen and oxygen atoms in total. The molecule has 8 heteroatoms. The molecule has 1 aromatic carbocycles. The number of halogens is 3. The van der Waals surface area contributed by atoms with Crippen molar-refractivity contribution in [2.75, 3.05) is 0 Å². The molecule has 20 heavy (non-hydrogen) atoms. The topological polar surface area (TPSA) is 78.6 Å². The van der Waals surface area contributed by atoms with Crippen molar-refractivity contribution >= 4 is 11.9 Å². The minimum absolute atomic E-state index is 0.0176. The van der Waals surface area contributed by atoms with Gasteiger partial charge in [0.25, 0.3) is 0 Å². The van der Waals surface area contributed by atoms with Gasteiger partial charge in [0, 0.05) is 6.92 Å². The molecule has 1 rings (SSSR count). The quantitative estimate of drug-likeness (QED) is 0.670. The first kappa shape index (κ1) is 16.0. The fourth-order valence-corrected chi connectivity index (χ4v) is 1.28. The maximum atomic E-state index is 12.5. The highest BCUT2D eigenvalue weighted by Gasteiger charge is 2.48. The van der Waals surface area contributed by atoms with Gasteiger partial charge in [0.2, 0.25) is 6.10 Å². The van der Waals surface area contributed by atoms with Gasteiger partial charge in [-0.2, -0.15) is 13.2 Å². The van der Waals surface area contributed by atoms with Crippen LogP contribution in [0, 0.1) is 0 Å². The number of rotatable bonds is 4. The second-order valence-corrected chi connectivity index (χ2v) is 3.83. The van der Waals surface area contributed by atoms with E-state index in [9.17, 15) is 22.8 Å². The Labute approximate surface area is 112 Å². The number of carbonyl (C=O) groups excluding carboxylic acids is 2.